The molecular weight excluding hydrogens is 322 g/mol. The van der Waals surface area contributed by atoms with Gasteiger partial charge in [-0.2, -0.15) is 0 Å². The zero-order chi connectivity index (χ0) is 15.6. The van der Waals surface area contributed by atoms with Crippen LogP contribution >= 0.6 is 23.4 Å². The highest BCUT2D eigenvalue weighted by Gasteiger charge is 2.48. The summed E-state index contributed by atoms with van der Waals surface area (Å²) in [6.07, 6.45) is 1.17. The van der Waals surface area contributed by atoms with E-state index in [9.17, 15) is 19.5 Å². The first-order chi connectivity index (χ1) is 9.99. The van der Waals surface area contributed by atoms with E-state index >= 15 is 0 Å². The van der Waals surface area contributed by atoms with Crippen LogP contribution in [0.15, 0.2) is 16.4 Å². The van der Waals surface area contributed by atoms with E-state index in [1.165, 1.54) is 23.8 Å². The molecule has 0 aromatic heterocycles. The van der Waals surface area contributed by atoms with E-state index in [4.69, 9.17) is 11.6 Å². The Labute approximate surface area is 129 Å². The first-order valence-electron chi connectivity index (χ1n) is 5.86. The molecule has 10 heteroatoms. The molecule has 2 amide bonds. The van der Waals surface area contributed by atoms with Crippen LogP contribution in [0, 0.1) is 0 Å². The molecule has 2 N–H and O–H groups in total. The number of hydrogen-bond acceptors (Lipinski definition) is 6. The van der Waals surface area contributed by atoms with Crippen molar-refractivity contribution in [2.24, 2.45) is 5.16 Å². The molecular formula is C11H12ClN3O5S. The van der Waals surface area contributed by atoms with E-state index in [-0.39, 0.29) is 34.9 Å². The van der Waals surface area contributed by atoms with Crippen molar-refractivity contribution < 1.29 is 24.3 Å². The third kappa shape index (κ3) is 2.98. The normalized spacial score (nSPS) is 24.7. The summed E-state index contributed by atoms with van der Waals surface area (Å²) < 4.78 is 0. The Balaban J connectivity index is 2.27. The molecule has 0 saturated carbocycles. The molecule has 2 aliphatic heterocycles. The second-order valence-electron chi connectivity index (χ2n) is 4.18. The Kier molecular flexibility index (Phi) is 4.73. The van der Waals surface area contributed by atoms with Crippen LogP contribution in [-0.4, -0.2) is 57.7 Å². The predicted molar refractivity (Wildman–Crippen MR) is 75.7 cm³/mol. The lowest BCUT2D eigenvalue weighted by Crippen LogP contribution is -2.57. The van der Waals surface area contributed by atoms with Gasteiger partial charge in [0.2, 0.25) is 5.91 Å². The molecule has 0 spiro atoms. The fourth-order valence-corrected chi connectivity index (χ4v) is 3.86. The first kappa shape index (κ1) is 15.6. The number of rotatable bonds is 5. The van der Waals surface area contributed by atoms with Crippen LogP contribution in [0.2, 0.25) is 0 Å². The summed E-state index contributed by atoms with van der Waals surface area (Å²) in [4.78, 5) is 40.2. The number of carboxylic acid groups (broad SMARTS) is 1. The largest absolute Gasteiger partial charge is 0.477 e. The number of β-lactam (4-membered cyclic amide) rings is 1. The number of alkyl halides is 1. The molecule has 0 bridgehead atoms. The van der Waals surface area contributed by atoms with Gasteiger partial charge in [-0.05, 0) is 0 Å². The summed E-state index contributed by atoms with van der Waals surface area (Å²) in [5.41, 5.74) is 0.122. The van der Waals surface area contributed by atoms with Crippen LogP contribution in [0.5, 0.6) is 0 Å². The van der Waals surface area contributed by atoms with E-state index in [1.54, 1.807) is 0 Å². The fraction of sp³-hybridized carbons (Fsp3) is 0.455. The number of hydrogen-bond donors (Lipinski definition) is 2. The Morgan fingerprint density at radius 2 is 2.38 bits per heavy atom. The molecule has 2 heterocycles. The maximum Gasteiger partial charge on any atom is 0.352 e. The van der Waals surface area contributed by atoms with E-state index < -0.39 is 17.3 Å². The number of carbonyl (C=O) groups excluding carboxylic acids is 2. The van der Waals surface area contributed by atoms with Crippen molar-refractivity contribution in [3.8, 4) is 0 Å². The van der Waals surface area contributed by atoms with Gasteiger partial charge in [-0.3, -0.25) is 14.5 Å². The van der Waals surface area contributed by atoms with Crippen LogP contribution in [0.4, 0.5) is 0 Å². The number of amides is 2. The molecule has 114 valence electrons. The smallest absolute Gasteiger partial charge is 0.352 e. The van der Waals surface area contributed by atoms with Gasteiger partial charge in [0.15, 0.2) is 0 Å². The standard InChI is InChI=1S/C11H12ClN3O5S/c1-20-13-4-6(16)14-10-5(3-12)9(11(18)19)15-7(17)2-8(15)21-10/h4,8,10H,2-3H2,1H3,(H,14,16)(H,18,19)/t8-,10?/m1/s1. The van der Waals surface area contributed by atoms with Gasteiger partial charge < -0.3 is 15.3 Å². The fourth-order valence-electron chi connectivity index (χ4n) is 2.04. The zero-order valence-electron chi connectivity index (χ0n) is 10.9. The molecule has 0 aromatic rings. The zero-order valence-corrected chi connectivity index (χ0v) is 12.5. The summed E-state index contributed by atoms with van der Waals surface area (Å²) in [6, 6.07) is 0. The van der Waals surface area contributed by atoms with E-state index in [2.05, 4.69) is 15.3 Å². The molecule has 0 aromatic carbocycles. The number of thioether (sulfide) groups is 1. The highest BCUT2D eigenvalue weighted by molar-refractivity contribution is 8.00. The number of halogens is 1. The maximum absolute atomic E-state index is 11.6. The average molecular weight is 334 g/mol. The van der Waals surface area contributed by atoms with Crippen molar-refractivity contribution in [3.05, 3.63) is 11.3 Å². The monoisotopic (exact) mass is 333 g/mol. The molecule has 2 atom stereocenters. The van der Waals surface area contributed by atoms with Gasteiger partial charge in [0.05, 0.1) is 11.8 Å². The summed E-state index contributed by atoms with van der Waals surface area (Å²) >= 11 is 7.07. The first-order valence-corrected chi connectivity index (χ1v) is 7.34. The lowest BCUT2D eigenvalue weighted by atomic mass is 10.1. The Hall–Kier alpha value is -1.74. The van der Waals surface area contributed by atoms with Gasteiger partial charge in [0.25, 0.3) is 5.91 Å². The third-order valence-corrected chi connectivity index (χ3v) is 4.61. The van der Waals surface area contributed by atoms with Crippen LogP contribution in [0.3, 0.4) is 0 Å². The Morgan fingerprint density at radius 1 is 1.67 bits per heavy atom. The summed E-state index contributed by atoms with van der Waals surface area (Å²) in [6.45, 7) is 0. The number of aliphatic carboxylic acids is 1. The topological polar surface area (TPSA) is 108 Å². The van der Waals surface area contributed by atoms with Gasteiger partial charge in [-0.15, -0.1) is 23.4 Å². The van der Waals surface area contributed by atoms with Crippen LogP contribution < -0.4 is 5.32 Å². The van der Waals surface area contributed by atoms with Crippen molar-refractivity contribution in [2.75, 3.05) is 13.0 Å². The van der Waals surface area contributed by atoms with Gasteiger partial charge in [-0.1, -0.05) is 5.16 Å². The predicted octanol–water partition coefficient (Wildman–Crippen LogP) is -0.0564. The SMILES string of the molecule is CON=CC(=O)NC1S[C@@H]2CC(=O)N2C(C(=O)O)=C1CCl. The molecule has 21 heavy (non-hydrogen) atoms. The summed E-state index contributed by atoms with van der Waals surface area (Å²) in [5, 5.41) is 14.3. The minimum atomic E-state index is -1.24. The highest BCUT2D eigenvalue weighted by atomic mass is 35.5. The molecule has 2 rings (SSSR count). The van der Waals surface area contributed by atoms with Gasteiger partial charge in [-0.25, -0.2) is 4.79 Å². The minimum Gasteiger partial charge on any atom is -0.477 e. The van der Waals surface area contributed by atoms with E-state index in [0.29, 0.717) is 0 Å². The number of carbonyl (C=O) groups is 3. The Morgan fingerprint density at radius 3 is 2.90 bits per heavy atom. The van der Waals surface area contributed by atoms with Gasteiger partial charge in [0.1, 0.15) is 24.4 Å². The number of nitrogens with one attached hydrogen (secondary N) is 1. The number of carboxylic acids is 1. The number of fused-ring (bicyclic) bond motifs is 1. The molecule has 0 aliphatic carbocycles. The second-order valence-corrected chi connectivity index (χ2v) is 5.73. The molecule has 2 aliphatic rings. The molecule has 8 nitrogen and oxygen atoms in total. The van der Waals surface area contributed by atoms with Crippen LogP contribution in [0.25, 0.3) is 0 Å². The average Bonchev–Trinajstić information content (AvgIpc) is 2.43. The van der Waals surface area contributed by atoms with Crippen molar-refractivity contribution in [1.29, 1.82) is 0 Å². The van der Waals surface area contributed by atoms with Gasteiger partial charge in [0, 0.05) is 11.5 Å². The number of oxime groups is 1. The van der Waals surface area contributed by atoms with Crippen molar-refractivity contribution in [3.63, 3.8) is 0 Å². The molecule has 1 saturated heterocycles. The second kappa shape index (κ2) is 6.35. The van der Waals surface area contributed by atoms with Crippen LogP contribution in [0.1, 0.15) is 6.42 Å². The molecule has 0 radical (unpaired) electrons. The summed E-state index contributed by atoms with van der Waals surface area (Å²) in [7, 11) is 1.30. The van der Waals surface area contributed by atoms with E-state index in [1.807, 2.05) is 0 Å². The Bertz CT molecular complexity index is 550. The van der Waals surface area contributed by atoms with E-state index in [0.717, 1.165) is 6.21 Å². The third-order valence-electron chi connectivity index (χ3n) is 2.96. The number of nitrogens with zero attached hydrogens (tertiary/aromatic N) is 2. The van der Waals surface area contributed by atoms with Crippen molar-refractivity contribution >= 4 is 47.4 Å². The quantitative estimate of drug-likeness (QED) is 0.316. The van der Waals surface area contributed by atoms with Gasteiger partial charge >= 0.3 is 5.97 Å². The van der Waals surface area contributed by atoms with Crippen molar-refractivity contribution in [1.82, 2.24) is 10.2 Å². The molecule has 1 unspecified atom stereocenters. The lowest BCUT2D eigenvalue weighted by molar-refractivity contribution is -0.146. The van der Waals surface area contributed by atoms with Crippen LogP contribution in [-0.2, 0) is 19.2 Å². The lowest BCUT2D eigenvalue weighted by Gasteiger charge is -2.46. The maximum atomic E-state index is 11.6. The summed E-state index contributed by atoms with van der Waals surface area (Å²) in [5.74, 6) is -2.16. The molecule has 1 fully saturated rings. The minimum absolute atomic E-state index is 0.114. The highest BCUT2D eigenvalue weighted by Crippen LogP contribution is 2.43. The van der Waals surface area contributed by atoms with Crippen molar-refractivity contribution in [2.45, 2.75) is 17.2 Å².